The largest absolute Gasteiger partial charge is 0.392 e. The van der Waals surface area contributed by atoms with Gasteiger partial charge in [0.25, 0.3) is 0 Å². The van der Waals surface area contributed by atoms with Crippen LogP contribution in [0.3, 0.4) is 0 Å². The van der Waals surface area contributed by atoms with Crippen LogP contribution in [0, 0.1) is 0 Å². The Morgan fingerprint density at radius 1 is 1.64 bits per heavy atom. The molecule has 0 amide bonds. The third-order valence-electron chi connectivity index (χ3n) is 1.66. The maximum Gasteiger partial charge on any atom is 0.224 e. The van der Waals surface area contributed by atoms with E-state index in [2.05, 4.69) is 15.9 Å². The Bertz CT molecular complexity index is 228. The van der Waals surface area contributed by atoms with Crippen LogP contribution in [0.4, 0.5) is 0 Å². The average Bonchev–Trinajstić information content (AvgIpc) is 2.36. The smallest absolute Gasteiger partial charge is 0.224 e. The maximum absolute atomic E-state index is 11.1. The van der Waals surface area contributed by atoms with E-state index >= 15 is 0 Å². The number of hydrogen-bond acceptors (Lipinski definition) is 3. The van der Waals surface area contributed by atoms with E-state index < -0.39 is 16.1 Å². The van der Waals surface area contributed by atoms with Gasteiger partial charge in [0, 0.05) is 13.1 Å². The molecule has 0 aromatic rings. The summed E-state index contributed by atoms with van der Waals surface area (Å²) in [6.07, 6.45) is 0.0653. The second-order valence-electron chi connectivity index (χ2n) is 2.52. The lowest BCUT2D eigenvalue weighted by molar-refractivity contribution is 0.189. The van der Waals surface area contributed by atoms with Crippen molar-refractivity contribution < 1.29 is 13.5 Å². The summed E-state index contributed by atoms with van der Waals surface area (Å²) in [5.41, 5.74) is 0. The van der Waals surface area contributed by atoms with Crippen LogP contribution < -0.4 is 0 Å². The minimum Gasteiger partial charge on any atom is -0.392 e. The SMILES string of the molecule is O=S(=O)(CBr)N1CC[C@@H](O)C1. The third-order valence-corrected chi connectivity index (χ3v) is 4.79. The molecule has 0 radical (unpaired) electrons. The average molecular weight is 244 g/mol. The Kier molecular flexibility index (Phi) is 2.90. The highest BCUT2D eigenvalue weighted by atomic mass is 79.9. The van der Waals surface area contributed by atoms with E-state index in [0.29, 0.717) is 13.0 Å². The first-order valence-electron chi connectivity index (χ1n) is 3.28. The first kappa shape index (κ1) is 9.44. The van der Waals surface area contributed by atoms with Crippen LogP contribution in [-0.2, 0) is 10.0 Å². The lowest BCUT2D eigenvalue weighted by Gasteiger charge is -2.12. The Morgan fingerprint density at radius 3 is 2.64 bits per heavy atom. The van der Waals surface area contributed by atoms with Gasteiger partial charge in [-0.25, -0.2) is 8.42 Å². The van der Waals surface area contributed by atoms with Gasteiger partial charge in [-0.2, -0.15) is 4.31 Å². The molecule has 4 nitrogen and oxygen atoms in total. The van der Waals surface area contributed by atoms with Gasteiger partial charge in [-0.1, -0.05) is 15.9 Å². The summed E-state index contributed by atoms with van der Waals surface area (Å²) in [5, 5.41) is 9.04. The molecule has 1 heterocycles. The van der Waals surface area contributed by atoms with Crippen molar-refractivity contribution in [1.82, 2.24) is 4.31 Å². The number of aliphatic hydroxyl groups excluding tert-OH is 1. The summed E-state index contributed by atoms with van der Waals surface area (Å²) >= 11 is 2.89. The fourth-order valence-electron chi connectivity index (χ4n) is 1.03. The molecule has 0 aromatic carbocycles. The van der Waals surface area contributed by atoms with Gasteiger partial charge in [0.2, 0.25) is 10.0 Å². The number of nitrogens with zero attached hydrogens (tertiary/aromatic N) is 1. The van der Waals surface area contributed by atoms with Gasteiger partial charge in [-0.05, 0) is 6.42 Å². The Hall–Kier alpha value is 0.350. The van der Waals surface area contributed by atoms with Crippen molar-refractivity contribution in [3.05, 3.63) is 0 Å². The number of β-amino-alcohol motifs (C(OH)–C–C–N with tert-alkyl or cyclic N) is 1. The van der Waals surface area contributed by atoms with E-state index in [1.54, 1.807) is 0 Å². The predicted molar refractivity (Wildman–Crippen MR) is 44.9 cm³/mol. The predicted octanol–water partition coefficient (Wildman–Crippen LogP) is -0.265. The van der Waals surface area contributed by atoms with Gasteiger partial charge < -0.3 is 5.11 Å². The fourth-order valence-corrected chi connectivity index (χ4v) is 2.82. The molecule has 0 bridgehead atoms. The van der Waals surface area contributed by atoms with Gasteiger partial charge in [0.1, 0.15) is 4.66 Å². The monoisotopic (exact) mass is 243 g/mol. The second-order valence-corrected chi connectivity index (χ2v) is 5.79. The molecule has 0 unspecified atom stereocenters. The van der Waals surface area contributed by atoms with E-state index in [9.17, 15) is 8.42 Å². The standard InChI is InChI=1S/C5H10BrNO3S/c6-4-11(9,10)7-2-1-5(8)3-7/h5,8H,1-4H2/t5-/m1/s1. The molecule has 1 aliphatic heterocycles. The Morgan fingerprint density at radius 2 is 2.27 bits per heavy atom. The molecule has 0 spiro atoms. The van der Waals surface area contributed by atoms with Gasteiger partial charge >= 0.3 is 0 Å². The molecule has 1 fully saturated rings. The summed E-state index contributed by atoms with van der Waals surface area (Å²) in [5.74, 6) is 0. The zero-order valence-electron chi connectivity index (χ0n) is 5.90. The molecule has 1 N–H and O–H groups in total. The van der Waals surface area contributed by atoms with Crippen molar-refractivity contribution in [2.75, 3.05) is 17.8 Å². The van der Waals surface area contributed by atoms with Crippen LogP contribution in [-0.4, -0.2) is 41.7 Å². The summed E-state index contributed by atoms with van der Waals surface area (Å²) in [6, 6.07) is 0. The van der Waals surface area contributed by atoms with E-state index in [1.807, 2.05) is 0 Å². The summed E-state index contributed by atoms with van der Waals surface area (Å²) in [6.45, 7) is 0.684. The van der Waals surface area contributed by atoms with E-state index in [0.717, 1.165) is 0 Å². The summed E-state index contributed by atoms with van der Waals surface area (Å²) < 4.78 is 23.5. The number of aliphatic hydroxyl groups is 1. The van der Waals surface area contributed by atoms with Crippen LogP contribution in [0.5, 0.6) is 0 Å². The zero-order valence-corrected chi connectivity index (χ0v) is 8.31. The van der Waals surface area contributed by atoms with E-state index in [4.69, 9.17) is 5.11 Å². The van der Waals surface area contributed by atoms with Crippen LogP contribution >= 0.6 is 15.9 Å². The molecule has 6 heteroatoms. The van der Waals surface area contributed by atoms with Crippen molar-refractivity contribution in [2.24, 2.45) is 0 Å². The van der Waals surface area contributed by atoms with Crippen LogP contribution in [0.2, 0.25) is 0 Å². The number of alkyl halides is 1. The maximum atomic E-state index is 11.1. The van der Waals surface area contributed by atoms with Gasteiger partial charge in [0.15, 0.2) is 0 Å². The summed E-state index contributed by atoms with van der Waals surface area (Å²) in [7, 11) is -3.14. The van der Waals surface area contributed by atoms with Crippen molar-refractivity contribution in [3.63, 3.8) is 0 Å². The number of rotatable bonds is 2. The molecule has 0 aromatic heterocycles. The van der Waals surface area contributed by atoms with E-state index in [-0.39, 0.29) is 11.2 Å². The molecular formula is C5H10BrNO3S. The minimum absolute atomic E-state index is 0.0628. The molecule has 11 heavy (non-hydrogen) atoms. The highest BCUT2D eigenvalue weighted by molar-refractivity contribution is 9.10. The van der Waals surface area contributed by atoms with Crippen molar-refractivity contribution in [3.8, 4) is 0 Å². The van der Waals surface area contributed by atoms with Crippen molar-refractivity contribution in [1.29, 1.82) is 0 Å². The fraction of sp³-hybridized carbons (Fsp3) is 1.00. The highest BCUT2D eigenvalue weighted by Crippen LogP contribution is 2.14. The highest BCUT2D eigenvalue weighted by Gasteiger charge is 2.28. The first-order valence-corrected chi connectivity index (χ1v) is 6.01. The van der Waals surface area contributed by atoms with Gasteiger partial charge in [-0.3, -0.25) is 0 Å². The molecule has 1 atom stereocenters. The first-order chi connectivity index (χ1) is 5.06. The third kappa shape index (κ3) is 2.14. The molecule has 1 aliphatic rings. The van der Waals surface area contributed by atoms with E-state index in [1.165, 1.54) is 4.31 Å². The Labute approximate surface area is 74.4 Å². The summed E-state index contributed by atoms with van der Waals surface area (Å²) in [4.78, 5) is 0. The van der Waals surface area contributed by atoms with Gasteiger partial charge in [-0.15, -0.1) is 0 Å². The molecule has 0 saturated carbocycles. The van der Waals surface area contributed by atoms with Gasteiger partial charge in [0.05, 0.1) is 6.10 Å². The topological polar surface area (TPSA) is 57.6 Å². The molecule has 66 valence electrons. The van der Waals surface area contributed by atoms with Crippen molar-refractivity contribution in [2.45, 2.75) is 12.5 Å². The van der Waals surface area contributed by atoms with Crippen LogP contribution in [0.15, 0.2) is 0 Å². The number of halogens is 1. The number of sulfonamides is 1. The Balaban J connectivity index is 2.64. The molecule has 0 aliphatic carbocycles. The normalized spacial score (nSPS) is 27.6. The zero-order chi connectivity index (χ0) is 8.48. The molecule has 1 saturated heterocycles. The quantitative estimate of drug-likeness (QED) is 0.680. The lowest BCUT2D eigenvalue weighted by atomic mass is 10.3. The van der Waals surface area contributed by atoms with Crippen molar-refractivity contribution >= 4 is 26.0 Å². The molecule has 1 rings (SSSR count). The second kappa shape index (κ2) is 3.38. The van der Waals surface area contributed by atoms with Crippen LogP contribution in [0.1, 0.15) is 6.42 Å². The lowest BCUT2D eigenvalue weighted by Crippen LogP contribution is -2.30. The number of hydrogen-bond donors (Lipinski definition) is 1. The van der Waals surface area contributed by atoms with Crippen LogP contribution in [0.25, 0.3) is 0 Å². The minimum atomic E-state index is -3.14. The molecular weight excluding hydrogens is 234 g/mol.